The molecule has 0 heterocycles. The van der Waals surface area contributed by atoms with Gasteiger partial charge in [-0.05, 0) is 54.6 Å². The molecule has 3 N–H and O–H groups in total. The Kier molecular flexibility index (Phi) is 10.8. The third kappa shape index (κ3) is 8.64. The number of carbonyl (C=O) groups is 3. The van der Waals surface area contributed by atoms with Gasteiger partial charge >= 0.3 is 0 Å². The first-order chi connectivity index (χ1) is 20.9. The van der Waals surface area contributed by atoms with Crippen molar-refractivity contribution in [2.24, 2.45) is 0 Å². The van der Waals surface area contributed by atoms with Crippen LogP contribution in [-0.2, 0) is 9.59 Å². The van der Waals surface area contributed by atoms with E-state index in [1.807, 2.05) is 18.2 Å². The molecule has 43 heavy (non-hydrogen) atoms. The number of thioether (sulfide) groups is 1. The van der Waals surface area contributed by atoms with E-state index in [9.17, 15) is 14.4 Å². The van der Waals surface area contributed by atoms with Gasteiger partial charge in [-0.1, -0.05) is 42.5 Å². The van der Waals surface area contributed by atoms with E-state index in [1.165, 1.54) is 26.0 Å². The van der Waals surface area contributed by atoms with Crippen LogP contribution in [-0.4, -0.2) is 44.8 Å². The number of methoxy groups -OCH3 is 3. The fraction of sp³-hybridized carbons (Fsp3) is 0.121. The lowest BCUT2D eigenvalue weighted by molar-refractivity contribution is -0.114. The van der Waals surface area contributed by atoms with Crippen molar-refractivity contribution < 1.29 is 28.6 Å². The highest BCUT2D eigenvalue weighted by atomic mass is 32.2. The number of carbonyl (C=O) groups excluding carboxylic acids is 3. The predicted molar refractivity (Wildman–Crippen MR) is 169 cm³/mol. The van der Waals surface area contributed by atoms with Crippen LogP contribution < -0.4 is 30.2 Å². The van der Waals surface area contributed by atoms with E-state index in [2.05, 4.69) is 16.0 Å². The van der Waals surface area contributed by atoms with E-state index < -0.39 is 11.8 Å². The molecule has 0 unspecified atom stereocenters. The Bertz CT molecular complexity index is 1620. The average Bonchev–Trinajstić information content (AvgIpc) is 3.04. The number of anilines is 2. The smallest absolute Gasteiger partial charge is 0.272 e. The van der Waals surface area contributed by atoms with E-state index in [-0.39, 0.29) is 17.4 Å². The Morgan fingerprint density at radius 2 is 1.49 bits per heavy atom. The first kappa shape index (κ1) is 30.7. The zero-order valence-corrected chi connectivity index (χ0v) is 24.7. The number of hydrogen-bond donors (Lipinski definition) is 3. The monoisotopic (exact) mass is 597 g/mol. The molecular weight excluding hydrogens is 566 g/mol. The van der Waals surface area contributed by atoms with E-state index in [0.717, 1.165) is 4.90 Å². The molecule has 0 aromatic heterocycles. The molecule has 0 aliphatic carbocycles. The lowest BCUT2D eigenvalue weighted by atomic mass is 10.1. The summed E-state index contributed by atoms with van der Waals surface area (Å²) in [5.74, 6) is 0.567. The minimum Gasteiger partial charge on any atom is -0.497 e. The first-order valence-corrected chi connectivity index (χ1v) is 14.2. The summed E-state index contributed by atoms with van der Waals surface area (Å²) in [6.07, 6.45) is 1.56. The van der Waals surface area contributed by atoms with Crippen LogP contribution >= 0.6 is 11.8 Å². The average molecular weight is 598 g/mol. The van der Waals surface area contributed by atoms with E-state index >= 15 is 0 Å². The minimum atomic E-state index is -0.528. The SMILES string of the molecule is COc1ccc(OC)c(NC(=O)CSc2cccc(NC(=O)/C(=C\c3ccccc3OC)NC(=O)c3ccccc3)c2)c1. The summed E-state index contributed by atoms with van der Waals surface area (Å²) >= 11 is 1.30. The van der Waals surface area contributed by atoms with Crippen LogP contribution in [0.5, 0.6) is 17.2 Å². The van der Waals surface area contributed by atoms with Gasteiger partial charge in [0.2, 0.25) is 5.91 Å². The van der Waals surface area contributed by atoms with Crippen molar-refractivity contribution in [3.63, 3.8) is 0 Å². The second-order valence-electron chi connectivity index (χ2n) is 9.01. The van der Waals surface area contributed by atoms with Gasteiger partial charge in [-0.2, -0.15) is 0 Å². The molecule has 0 saturated heterocycles. The Balaban J connectivity index is 1.47. The predicted octanol–water partition coefficient (Wildman–Crippen LogP) is 5.85. The lowest BCUT2D eigenvalue weighted by Crippen LogP contribution is -2.30. The van der Waals surface area contributed by atoms with Crippen LogP contribution in [0.1, 0.15) is 15.9 Å². The number of rotatable bonds is 12. The van der Waals surface area contributed by atoms with Crippen LogP contribution in [0.4, 0.5) is 11.4 Å². The van der Waals surface area contributed by atoms with Crippen LogP contribution in [0.3, 0.4) is 0 Å². The summed E-state index contributed by atoms with van der Waals surface area (Å²) in [5, 5.41) is 8.41. The van der Waals surface area contributed by atoms with Gasteiger partial charge < -0.3 is 30.2 Å². The first-order valence-electron chi connectivity index (χ1n) is 13.2. The maximum Gasteiger partial charge on any atom is 0.272 e. The summed E-state index contributed by atoms with van der Waals surface area (Å²) < 4.78 is 16.0. The molecule has 0 spiro atoms. The van der Waals surface area contributed by atoms with Gasteiger partial charge in [0.25, 0.3) is 11.8 Å². The molecule has 0 radical (unpaired) electrons. The molecule has 0 aliphatic rings. The number of hydrogen-bond acceptors (Lipinski definition) is 7. The van der Waals surface area contributed by atoms with Gasteiger partial charge in [-0.25, -0.2) is 0 Å². The molecule has 0 bridgehead atoms. The van der Waals surface area contributed by atoms with Crippen molar-refractivity contribution in [3.05, 3.63) is 114 Å². The highest BCUT2D eigenvalue weighted by Gasteiger charge is 2.17. The van der Waals surface area contributed by atoms with E-state index in [1.54, 1.807) is 92.0 Å². The van der Waals surface area contributed by atoms with Gasteiger partial charge in [0.1, 0.15) is 22.9 Å². The van der Waals surface area contributed by atoms with Crippen LogP contribution in [0.15, 0.2) is 108 Å². The molecule has 4 rings (SSSR count). The number of para-hydroxylation sites is 1. The second kappa shape index (κ2) is 15.1. The van der Waals surface area contributed by atoms with Crippen molar-refractivity contribution in [1.82, 2.24) is 5.32 Å². The fourth-order valence-corrected chi connectivity index (χ4v) is 4.75. The molecule has 4 aromatic rings. The Labute approximate surface area is 254 Å². The summed E-state index contributed by atoms with van der Waals surface area (Å²) in [4.78, 5) is 39.9. The highest BCUT2D eigenvalue weighted by Crippen LogP contribution is 2.30. The molecule has 0 aliphatic heterocycles. The number of benzene rings is 4. The van der Waals surface area contributed by atoms with Crippen molar-refractivity contribution in [1.29, 1.82) is 0 Å². The number of amides is 3. The number of ether oxygens (including phenoxy) is 3. The maximum absolute atomic E-state index is 13.4. The van der Waals surface area contributed by atoms with Gasteiger partial charge in [-0.3, -0.25) is 14.4 Å². The largest absolute Gasteiger partial charge is 0.497 e. The molecule has 0 saturated carbocycles. The van der Waals surface area contributed by atoms with Gasteiger partial charge in [-0.15, -0.1) is 11.8 Å². The Morgan fingerprint density at radius 3 is 2.23 bits per heavy atom. The minimum absolute atomic E-state index is 0.0306. The Hall–Kier alpha value is -5.22. The van der Waals surface area contributed by atoms with Crippen molar-refractivity contribution in [2.75, 3.05) is 37.7 Å². The van der Waals surface area contributed by atoms with E-state index in [4.69, 9.17) is 14.2 Å². The molecule has 220 valence electrons. The highest BCUT2D eigenvalue weighted by molar-refractivity contribution is 8.00. The molecule has 0 fully saturated rings. The van der Waals surface area contributed by atoms with Gasteiger partial charge in [0.05, 0.1) is 32.8 Å². The summed E-state index contributed by atoms with van der Waals surface area (Å²) in [5.41, 5.74) is 2.05. The van der Waals surface area contributed by atoms with Gasteiger partial charge in [0, 0.05) is 27.8 Å². The van der Waals surface area contributed by atoms with E-state index in [0.29, 0.717) is 39.8 Å². The third-order valence-corrected chi connectivity index (χ3v) is 7.10. The van der Waals surface area contributed by atoms with Crippen molar-refractivity contribution >= 4 is 46.9 Å². The molecule has 4 aromatic carbocycles. The quantitative estimate of drug-likeness (QED) is 0.139. The second-order valence-corrected chi connectivity index (χ2v) is 10.1. The van der Waals surface area contributed by atoms with Crippen LogP contribution in [0.25, 0.3) is 6.08 Å². The zero-order chi connectivity index (χ0) is 30.6. The third-order valence-electron chi connectivity index (χ3n) is 6.11. The van der Waals surface area contributed by atoms with Gasteiger partial charge in [0.15, 0.2) is 0 Å². The fourth-order valence-electron chi connectivity index (χ4n) is 3.99. The number of nitrogens with one attached hydrogen (secondary N) is 3. The standard InChI is InChI=1S/C33H31N3O6S/c1-40-25-16-17-30(42-3)27(20-25)35-31(37)21-43-26-14-9-13-24(19-26)34-33(39)28(18-23-12-7-8-15-29(23)41-2)36-32(38)22-10-5-4-6-11-22/h4-20H,21H2,1-3H3,(H,34,39)(H,35,37)(H,36,38)/b28-18+. The normalized spacial score (nSPS) is 10.8. The van der Waals surface area contributed by atoms with Crippen molar-refractivity contribution in [3.8, 4) is 17.2 Å². The summed E-state index contributed by atoms with van der Waals surface area (Å²) in [6.45, 7) is 0. The molecule has 9 nitrogen and oxygen atoms in total. The summed E-state index contributed by atoms with van der Waals surface area (Å²) in [6, 6.07) is 28.0. The molecule has 0 atom stereocenters. The van der Waals surface area contributed by atoms with Crippen LogP contribution in [0.2, 0.25) is 0 Å². The summed E-state index contributed by atoms with van der Waals surface area (Å²) in [7, 11) is 4.60. The molecular formula is C33H31N3O6S. The molecule has 3 amide bonds. The lowest BCUT2D eigenvalue weighted by Gasteiger charge is -2.13. The maximum atomic E-state index is 13.4. The molecule has 10 heteroatoms. The zero-order valence-electron chi connectivity index (χ0n) is 23.9. The van der Waals surface area contributed by atoms with Crippen LogP contribution in [0, 0.1) is 0 Å². The van der Waals surface area contributed by atoms with Crippen molar-refractivity contribution in [2.45, 2.75) is 4.90 Å². The topological polar surface area (TPSA) is 115 Å². The Morgan fingerprint density at radius 1 is 0.744 bits per heavy atom.